The van der Waals surface area contributed by atoms with Gasteiger partial charge in [0, 0.05) is 29.2 Å². The lowest BCUT2D eigenvalue weighted by Gasteiger charge is -2.17. The van der Waals surface area contributed by atoms with Crippen molar-refractivity contribution in [1.82, 2.24) is 5.32 Å². The van der Waals surface area contributed by atoms with Crippen LogP contribution in [0.25, 0.3) is 0 Å². The summed E-state index contributed by atoms with van der Waals surface area (Å²) in [4.78, 5) is 1.26. The van der Waals surface area contributed by atoms with E-state index >= 15 is 0 Å². The zero-order valence-electron chi connectivity index (χ0n) is 12.8. The Morgan fingerprint density at radius 3 is 2.71 bits per heavy atom. The lowest BCUT2D eigenvalue weighted by molar-refractivity contribution is 0.297. The second-order valence-corrected chi connectivity index (χ2v) is 7.49. The van der Waals surface area contributed by atoms with E-state index in [1.807, 2.05) is 17.8 Å². The SMILES string of the molecule is CC(CNC1CCCC1)Sc1ccc2c(c1)OCCCO2. The van der Waals surface area contributed by atoms with Gasteiger partial charge in [-0.05, 0) is 31.0 Å². The number of hydrogen-bond acceptors (Lipinski definition) is 4. The summed E-state index contributed by atoms with van der Waals surface area (Å²) in [7, 11) is 0. The predicted molar refractivity (Wildman–Crippen MR) is 87.6 cm³/mol. The zero-order chi connectivity index (χ0) is 14.5. The third-order valence-corrected chi connectivity index (χ3v) is 5.20. The molecule has 1 atom stereocenters. The van der Waals surface area contributed by atoms with Crippen molar-refractivity contribution in [3.63, 3.8) is 0 Å². The van der Waals surface area contributed by atoms with Crippen LogP contribution in [-0.4, -0.2) is 31.1 Å². The van der Waals surface area contributed by atoms with Gasteiger partial charge in [0.2, 0.25) is 0 Å². The number of thioether (sulfide) groups is 1. The summed E-state index contributed by atoms with van der Waals surface area (Å²) in [5.41, 5.74) is 0. The highest BCUT2D eigenvalue weighted by molar-refractivity contribution is 8.00. The minimum absolute atomic E-state index is 0.565. The molecule has 0 radical (unpaired) electrons. The van der Waals surface area contributed by atoms with Gasteiger partial charge in [-0.25, -0.2) is 0 Å². The molecular formula is C17H25NO2S. The molecule has 116 valence electrons. The van der Waals surface area contributed by atoms with Crippen molar-refractivity contribution in [3.8, 4) is 11.5 Å². The fourth-order valence-corrected chi connectivity index (χ4v) is 3.92. The molecule has 4 heteroatoms. The van der Waals surface area contributed by atoms with Crippen molar-refractivity contribution in [2.75, 3.05) is 19.8 Å². The Bertz CT molecular complexity index is 460. The largest absolute Gasteiger partial charge is 0.490 e. The Labute approximate surface area is 131 Å². The number of nitrogens with one attached hydrogen (secondary N) is 1. The second-order valence-electron chi connectivity index (χ2n) is 5.98. The summed E-state index contributed by atoms with van der Waals surface area (Å²) < 4.78 is 11.4. The van der Waals surface area contributed by atoms with Gasteiger partial charge in [-0.1, -0.05) is 19.8 Å². The minimum Gasteiger partial charge on any atom is -0.490 e. The van der Waals surface area contributed by atoms with Gasteiger partial charge in [0.05, 0.1) is 13.2 Å². The lowest BCUT2D eigenvalue weighted by Crippen LogP contribution is -2.31. The van der Waals surface area contributed by atoms with Crippen molar-refractivity contribution in [2.24, 2.45) is 0 Å². The first kappa shape index (κ1) is 15.0. The van der Waals surface area contributed by atoms with E-state index in [2.05, 4.69) is 24.4 Å². The fourth-order valence-electron chi connectivity index (χ4n) is 2.95. The molecule has 21 heavy (non-hydrogen) atoms. The van der Waals surface area contributed by atoms with E-state index in [0.717, 1.165) is 43.7 Å². The zero-order valence-corrected chi connectivity index (χ0v) is 13.6. The van der Waals surface area contributed by atoms with Crippen LogP contribution in [0, 0.1) is 0 Å². The smallest absolute Gasteiger partial charge is 0.162 e. The topological polar surface area (TPSA) is 30.5 Å². The molecule has 1 aliphatic carbocycles. The third kappa shape index (κ3) is 4.30. The number of hydrogen-bond donors (Lipinski definition) is 1. The second kappa shape index (κ2) is 7.41. The van der Waals surface area contributed by atoms with Gasteiger partial charge in [0.25, 0.3) is 0 Å². The Morgan fingerprint density at radius 1 is 1.14 bits per heavy atom. The fraction of sp³-hybridized carbons (Fsp3) is 0.647. The van der Waals surface area contributed by atoms with E-state index in [9.17, 15) is 0 Å². The molecule has 1 aliphatic heterocycles. The molecule has 2 aliphatic rings. The molecule has 1 saturated carbocycles. The van der Waals surface area contributed by atoms with Crippen molar-refractivity contribution < 1.29 is 9.47 Å². The predicted octanol–water partition coefficient (Wildman–Crippen LogP) is 3.86. The molecule has 1 aromatic rings. The maximum Gasteiger partial charge on any atom is 0.162 e. The first-order valence-electron chi connectivity index (χ1n) is 8.11. The summed E-state index contributed by atoms with van der Waals surface area (Å²) in [6.07, 6.45) is 6.43. The summed E-state index contributed by atoms with van der Waals surface area (Å²) >= 11 is 1.91. The Kier molecular flexibility index (Phi) is 5.31. The molecule has 0 spiro atoms. The molecule has 0 amide bonds. The molecule has 1 fully saturated rings. The first-order valence-corrected chi connectivity index (χ1v) is 8.99. The Hall–Kier alpha value is -0.870. The molecule has 1 unspecified atom stereocenters. The Morgan fingerprint density at radius 2 is 1.90 bits per heavy atom. The molecule has 1 aromatic carbocycles. The summed E-state index contributed by atoms with van der Waals surface area (Å²) in [6, 6.07) is 7.05. The van der Waals surface area contributed by atoms with Crippen molar-refractivity contribution in [2.45, 2.75) is 55.2 Å². The van der Waals surface area contributed by atoms with Crippen LogP contribution in [0.5, 0.6) is 11.5 Å². The molecule has 3 rings (SSSR count). The van der Waals surface area contributed by atoms with Crippen LogP contribution in [-0.2, 0) is 0 Å². The van der Waals surface area contributed by atoms with Crippen molar-refractivity contribution in [1.29, 1.82) is 0 Å². The number of rotatable bonds is 5. The van der Waals surface area contributed by atoms with Crippen LogP contribution in [0.3, 0.4) is 0 Å². The van der Waals surface area contributed by atoms with E-state index in [0.29, 0.717) is 5.25 Å². The summed E-state index contributed by atoms with van der Waals surface area (Å²) in [5.74, 6) is 1.78. The van der Waals surface area contributed by atoms with Crippen LogP contribution in [0.1, 0.15) is 39.0 Å². The van der Waals surface area contributed by atoms with E-state index in [1.165, 1.54) is 30.6 Å². The summed E-state index contributed by atoms with van der Waals surface area (Å²) in [6.45, 7) is 4.86. The number of ether oxygens (including phenoxy) is 2. The Balaban J connectivity index is 1.53. The summed E-state index contributed by atoms with van der Waals surface area (Å²) in [5, 5.41) is 4.26. The van der Waals surface area contributed by atoms with Gasteiger partial charge < -0.3 is 14.8 Å². The van der Waals surface area contributed by atoms with Gasteiger partial charge in [-0.2, -0.15) is 0 Å². The van der Waals surface area contributed by atoms with Gasteiger partial charge in [0.15, 0.2) is 11.5 Å². The molecule has 0 saturated heterocycles. The quantitative estimate of drug-likeness (QED) is 0.837. The van der Waals surface area contributed by atoms with Crippen LogP contribution in [0.4, 0.5) is 0 Å². The minimum atomic E-state index is 0.565. The van der Waals surface area contributed by atoms with Crippen molar-refractivity contribution in [3.05, 3.63) is 18.2 Å². The van der Waals surface area contributed by atoms with Gasteiger partial charge in [-0.3, -0.25) is 0 Å². The van der Waals surface area contributed by atoms with E-state index in [1.54, 1.807) is 0 Å². The average molecular weight is 307 g/mol. The molecule has 3 nitrogen and oxygen atoms in total. The maximum atomic E-state index is 5.76. The van der Waals surface area contributed by atoms with E-state index in [4.69, 9.17) is 9.47 Å². The third-order valence-electron chi connectivity index (χ3n) is 4.11. The van der Waals surface area contributed by atoms with E-state index in [-0.39, 0.29) is 0 Å². The lowest BCUT2D eigenvalue weighted by atomic mass is 10.2. The first-order chi connectivity index (χ1) is 10.3. The van der Waals surface area contributed by atoms with Crippen LogP contribution in [0.2, 0.25) is 0 Å². The van der Waals surface area contributed by atoms with Crippen LogP contribution in [0.15, 0.2) is 23.1 Å². The molecule has 1 heterocycles. The number of fused-ring (bicyclic) bond motifs is 1. The number of benzene rings is 1. The highest BCUT2D eigenvalue weighted by atomic mass is 32.2. The normalized spacial score (nSPS) is 20.2. The molecule has 0 aromatic heterocycles. The van der Waals surface area contributed by atoms with Gasteiger partial charge in [-0.15, -0.1) is 11.8 Å². The van der Waals surface area contributed by atoms with Gasteiger partial charge in [0.1, 0.15) is 0 Å². The average Bonchev–Trinajstić information content (AvgIpc) is 2.90. The highest BCUT2D eigenvalue weighted by Crippen LogP contribution is 2.35. The maximum absolute atomic E-state index is 5.76. The van der Waals surface area contributed by atoms with Gasteiger partial charge >= 0.3 is 0 Å². The standard InChI is InChI=1S/C17H25NO2S/c1-13(12-18-14-5-2-3-6-14)21-15-7-8-16-17(11-15)20-10-4-9-19-16/h7-8,11,13-14,18H,2-6,9-10,12H2,1H3. The van der Waals surface area contributed by atoms with E-state index < -0.39 is 0 Å². The van der Waals surface area contributed by atoms with Crippen molar-refractivity contribution >= 4 is 11.8 Å². The molecular weight excluding hydrogens is 282 g/mol. The molecule has 0 bridgehead atoms. The van der Waals surface area contributed by atoms with Crippen LogP contribution < -0.4 is 14.8 Å². The van der Waals surface area contributed by atoms with Crippen LogP contribution >= 0.6 is 11.8 Å². The highest BCUT2D eigenvalue weighted by Gasteiger charge is 2.16. The monoisotopic (exact) mass is 307 g/mol. The molecule has 1 N–H and O–H groups in total.